The van der Waals surface area contributed by atoms with E-state index in [9.17, 15) is 14.4 Å². The second-order valence-electron chi connectivity index (χ2n) is 6.90. The van der Waals surface area contributed by atoms with Crippen LogP contribution in [0.1, 0.15) is 39.3 Å². The summed E-state index contributed by atoms with van der Waals surface area (Å²) in [6.45, 7) is 5.25. The highest BCUT2D eigenvalue weighted by Crippen LogP contribution is 2.31. The van der Waals surface area contributed by atoms with Gasteiger partial charge in [-0.3, -0.25) is 9.59 Å². The normalized spacial score (nSPS) is 11.0. The maximum absolute atomic E-state index is 13.4. The largest absolute Gasteiger partial charge is 0.466 e. The molecule has 0 aliphatic carbocycles. The number of halogens is 1. The van der Waals surface area contributed by atoms with Crippen molar-refractivity contribution in [3.8, 4) is 5.69 Å². The number of nitrogens with one attached hydrogen (secondary N) is 1. The summed E-state index contributed by atoms with van der Waals surface area (Å²) in [5.41, 5.74) is 0.194. The van der Waals surface area contributed by atoms with Gasteiger partial charge in [-0.25, -0.2) is 4.79 Å². The lowest BCUT2D eigenvalue weighted by Gasteiger charge is -2.10. The molecule has 0 unspecified atom stereocenters. The number of aryl methyl sites for hydroxylation is 2. The van der Waals surface area contributed by atoms with Gasteiger partial charge in [0.15, 0.2) is 5.69 Å². The number of benzene rings is 1. The van der Waals surface area contributed by atoms with Crippen LogP contribution in [-0.4, -0.2) is 28.3 Å². The van der Waals surface area contributed by atoms with E-state index in [2.05, 4.69) is 10.4 Å². The lowest BCUT2D eigenvalue weighted by molar-refractivity contribution is 0.0520. The Morgan fingerprint density at radius 1 is 1.28 bits per heavy atom. The monoisotopic (exact) mass is 471 g/mol. The highest BCUT2D eigenvalue weighted by molar-refractivity contribution is 7.16. The van der Waals surface area contributed by atoms with E-state index in [-0.39, 0.29) is 22.7 Å². The Hall–Kier alpha value is -3.43. The van der Waals surface area contributed by atoms with Crippen LogP contribution in [0.2, 0.25) is 5.02 Å². The van der Waals surface area contributed by atoms with Crippen molar-refractivity contribution in [2.24, 2.45) is 0 Å². The smallest absolute Gasteiger partial charge is 0.359 e. The van der Waals surface area contributed by atoms with Gasteiger partial charge >= 0.3 is 5.97 Å². The van der Waals surface area contributed by atoms with Crippen molar-refractivity contribution >= 4 is 50.6 Å². The molecule has 164 valence electrons. The lowest BCUT2D eigenvalue weighted by Crippen LogP contribution is -2.25. The molecule has 10 heteroatoms. The lowest BCUT2D eigenvalue weighted by atomic mass is 10.2. The highest BCUT2D eigenvalue weighted by Gasteiger charge is 2.24. The molecule has 3 heterocycles. The molecule has 4 aromatic rings. The van der Waals surface area contributed by atoms with E-state index in [0.29, 0.717) is 33.2 Å². The minimum Gasteiger partial charge on any atom is -0.466 e. The van der Waals surface area contributed by atoms with Gasteiger partial charge in [0.05, 0.1) is 23.2 Å². The molecule has 0 saturated heterocycles. The average Bonchev–Trinajstić information content (AvgIpc) is 3.31. The second-order valence-corrected chi connectivity index (χ2v) is 8.22. The first-order valence-corrected chi connectivity index (χ1v) is 10.9. The first-order chi connectivity index (χ1) is 15.3. The van der Waals surface area contributed by atoms with Crippen molar-refractivity contribution in [3.63, 3.8) is 0 Å². The van der Waals surface area contributed by atoms with E-state index < -0.39 is 17.4 Å². The van der Waals surface area contributed by atoms with E-state index in [1.54, 1.807) is 56.5 Å². The molecule has 0 fully saturated rings. The third-order valence-electron chi connectivity index (χ3n) is 4.69. The molecule has 0 radical (unpaired) electrons. The molecule has 1 N–H and O–H groups in total. The number of carbonyl (C=O) groups excluding carboxylic acids is 2. The number of ether oxygens (including phenoxy) is 1. The maximum atomic E-state index is 13.4. The number of furan rings is 1. The number of aromatic nitrogens is 2. The molecule has 1 aromatic carbocycles. The Labute approximate surface area is 191 Å². The first-order valence-electron chi connectivity index (χ1n) is 9.66. The Kier molecular flexibility index (Phi) is 5.86. The summed E-state index contributed by atoms with van der Waals surface area (Å²) in [6.07, 6.45) is 0. The van der Waals surface area contributed by atoms with Gasteiger partial charge in [-0.1, -0.05) is 17.7 Å². The van der Waals surface area contributed by atoms with Crippen molar-refractivity contribution in [2.45, 2.75) is 20.8 Å². The van der Waals surface area contributed by atoms with Crippen LogP contribution in [0.3, 0.4) is 0 Å². The molecule has 3 aromatic heterocycles. The van der Waals surface area contributed by atoms with Crippen molar-refractivity contribution in [2.75, 3.05) is 11.9 Å². The summed E-state index contributed by atoms with van der Waals surface area (Å²) in [6, 6.07) is 8.14. The molecule has 0 atom stereocenters. The predicted molar refractivity (Wildman–Crippen MR) is 122 cm³/mol. The molecule has 0 bridgehead atoms. The Morgan fingerprint density at radius 3 is 2.72 bits per heavy atom. The van der Waals surface area contributed by atoms with Crippen LogP contribution >= 0.6 is 22.9 Å². The summed E-state index contributed by atoms with van der Waals surface area (Å²) in [5.74, 6) is -0.0385. The number of nitrogens with zero attached hydrogens (tertiary/aromatic N) is 2. The van der Waals surface area contributed by atoms with Crippen molar-refractivity contribution in [3.05, 3.63) is 73.9 Å². The third-order valence-corrected chi connectivity index (χ3v) is 5.82. The Bertz CT molecular complexity index is 1420. The summed E-state index contributed by atoms with van der Waals surface area (Å²) in [7, 11) is 0. The quantitative estimate of drug-likeness (QED) is 0.422. The highest BCUT2D eigenvalue weighted by atomic mass is 35.5. The van der Waals surface area contributed by atoms with Gasteiger partial charge in [-0.15, -0.1) is 11.3 Å². The third kappa shape index (κ3) is 3.92. The fraction of sp³-hybridized carbons (Fsp3) is 0.182. The van der Waals surface area contributed by atoms with Crippen LogP contribution in [0.15, 0.2) is 44.9 Å². The van der Waals surface area contributed by atoms with E-state index in [1.165, 1.54) is 0 Å². The number of amides is 1. The minimum atomic E-state index is -0.676. The molecule has 0 aliphatic rings. The number of carbonyl (C=O) groups is 2. The standard InChI is InChI=1S/C22H18ClN3O5S/c1-4-30-22(29)18-16-10-32-20(24-19(27)15-8-11(2)31-12(15)3)17(16)21(28)26(25-18)14-7-5-6-13(23)9-14/h5-10H,4H2,1-3H3,(H,24,27). The van der Waals surface area contributed by atoms with E-state index in [1.807, 2.05) is 0 Å². The molecule has 1 amide bonds. The maximum Gasteiger partial charge on any atom is 0.359 e. The molecule has 0 aliphatic heterocycles. The predicted octanol–water partition coefficient (Wildman–Crippen LogP) is 4.74. The minimum absolute atomic E-state index is 0.0338. The number of fused-ring (bicyclic) bond motifs is 1. The van der Waals surface area contributed by atoms with E-state index in [4.69, 9.17) is 20.8 Å². The van der Waals surface area contributed by atoms with Gasteiger partial charge in [0.25, 0.3) is 11.5 Å². The topological polar surface area (TPSA) is 103 Å². The number of hydrogen-bond acceptors (Lipinski definition) is 7. The number of esters is 1. The van der Waals surface area contributed by atoms with Crippen molar-refractivity contribution in [1.82, 2.24) is 9.78 Å². The Balaban J connectivity index is 1.90. The SMILES string of the molecule is CCOC(=O)c1nn(-c2cccc(Cl)c2)c(=O)c2c(NC(=O)c3cc(C)oc3C)scc12. The summed E-state index contributed by atoms with van der Waals surface area (Å²) in [5, 5.41) is 9.75. The number of thiophene rings is 1. The van der Waals surface area contributed by atoms with Crippen molar-refractivity contribution < 1.29 is 18.7 Å². The average molecular weight is 472 g/mol. The molecule has 0 saturated carbocycles. The van der Waals surface area contributed by atoms with Gasteiger partial charge in [-0.2, -0.15) is 9.78 Å². The molecule has 0 spiro atoms. The number of rotatable bonds is 5. The van der Waals surface area contributed by atoms with Gasteiger partial charge in [0.1, 0.15) is 16.5 Å². The zero-order valence-electron chi connectivity index (χ0n) is 17.4. The molecular formula is C22H18ClN3O5S. The van der Waals surface area contributed by atoms with Crippen LogP contribution < -0.4 is 10.9 Å². The fourth-order valence-corrected chi connectivity index (χ4v) is 4.42. The van der Waals surface area contributed by atoms with E-state index in [0.717, 1.165) is 16.0 Å². The van der Waals surface area contributed by atoms with Gasteiger partial charge in [0, 0.05) is 15.8 Å². The van der Waals surface area contributed by atoms with Gasteiger partial charge in [0.2, 0.25) is 0 Å². The zero-order chi connectivity index (χ0) is 23.0. The van der Waals surface area contributed by atoms with Crippen LogP contribution in [0, 0.1) is 13.8 Å². The number of hydrogen-bond donors (Lipinski definition) is 1. The van der Waals surface area contributed by atoms with Gasteiger partial charge < -0.3 is 14.5 Å². The molecule has 8 nitrogen and oxygen atoms in total. The van der Waals surface area contributed by atoms with Crippen molar-refractivity contribution in [1.29, 1.82) is 0 Å². The van der Waals surface area contributed by atoms with Crippen LogP contribution in [-0.2, 0) is 4.74 Å². The molecular weight excluding hydrogens is 454 g/mol. The molecule has 32 heavy (non-hydrogen) atoms. The summed E-state index contributed by atoms with van der Waals surface area (Å²) in [4.78, 5) is 38.8. The summed E-state index contributed by atoms with van der Waals surface area (Å²) >= 11 is 7.20. The van der Waals surface area contributed by atoms with Crippen LogP contribution in [0.4, 0.5) is 5.00 Å². The second kappa shape index (κ2) is 8.60. The first kappa shape index (κ1) is 21.8. The Morgan fingerprint density at radius 2 is 2.06 bits per heavy atom. The van der Waals surface area contributed by atoms with Gasteiger partial charge in [-0.05, 0) is 45.0 Å². The van der Waals surface area contributed by atoms with Crippen LogP contribution in [0.25, 0.3) is 16.5 Å². The zero-order valence-corrected chi connectivity index (χ0v) is 19.0. The number of anilines is 1. The van der Waals surface area contributed by atoms with E-state index >= 15 is 0 Å². The van der Waals surface area contributed by atoms with Crippen LogP contribution in [0.5, 0.6) is 0 Å². The fourth-order valence-electron chi connectivity index (χ4n) is 3.30. The molecule has 4 rings (SSSR count). The summed E-state index contributed by atoms with van der Waals surface area (Å²) < 4.78 is 11.6.